The number of methoxy groups -OCH3 is 1. The van der Waals surface area contributed by atoms with Gasteiger partial charge < -0.3 is 30.7 Å². The Labute approximate surface area is 199 Å². The van der Waals surface area contributed by atoms with Gasteiger partial charge in [0.05, 0.1) is 7.11 Å². The zero-order valence-corrected chi connectivity index (χ0v) is 20.0. The van der Waals surface area contributed by atoms with Crippen LogP contribution in [-0.2, 0) is 35.3 Å². The lowest BCUT2D eigenvalue weighted by Crippen LogP contribution is -2.54. The van der Waals surface area contributed by atoms with Gasteiger partial charge in [0, 0.05) is 13.5 Å². The van der Waals surface area contributed by atoms with Crippen molar-refractivity contribution in [1.82, 2.24) is 21.3 Å². The summed E-state index contributed by atoms with van der Waals surface area (Å²) >= 11 is 0. The minimum atomic E-state index is -0.944. The van der Waals surface area contributed by atoms with E-state index in [9.17, 15) is 24.0 Å². The summed E-state index contributed by atoms with van der Waals surface area (Å²) in [5.74, 6) is -2.10. The van der Waals surface area contributed by atoms with Crippen LogP contribution in [0.1, 0.15) is 45.6 Å². The normalized spacial score (nSPS) is 12.9. The van der Waals surface area contributed by atoms with Gasteiger partial charge in [-0.2, -0.15) is 0 Å². The molecular formula is C23H34N4O7. The van der Waals surface area contributed by atoms with Gasteiger partial charge in [0.25, 0.3) is 0 Å². The van der Waals surface area contributed by atoms with Gasteiger partial charge in [-0.05, 0) is 38.7 Å². The molecule has 0 spiro atoms. The van der Waals surface area contributed by atoms with Crippen molar-refractivity contribution in [3.8, 4) is 0 Å². The molecule has 0 aliphatic heterocycles. The summed E-state index contributed by atoms with van der Waals surface area (Å²) in [4.78, 5) is 59.6. The molecule has 4 amide bonds. The van der Waals surface area contributed by atoms with E-state index in [1.165, 1.54) is 27.9 Å². The number of alkyl carbamates (subject to hydrolysis) is 1. The molecule has 0 radical (unpaired) electrons. The van der Waals surface area contributed by atoms with Gasteiger partial charge in [-0.15, -0.1) is 0 Å². The van der Waals surface area contributed by atoms with E-state index in [0.29, 0.717) is 19.4 Å². The lowest BCUT2D eigenvalue weighted by Gasteiger charge is -2.22. The largest absolute Gasteiger partial charge is 0.467 e. The van der Waals surface area contributed by atoms with Crippen molar-refractivity contribution in [2.45, 2.75) is 64.8 Å². The number of hydrogen-bond donors (Lipinski definition) is 4. The van der Waals surface area contributed by atoms with Crippen LogP contribution in [0.4, 0.5) is 4.79 Å². The van der Waals surface area contributed by atoms with E-state index in [1.54, 1.807) is 0 Å². The summed E-state index contributed by atoms with van der Waals surface area (Å²) in [6, 6.07) is 6.59. The third-order valence-corrected chi connectivity index (χ3v) is 4.76. The highest BCUT2D eigenvalue weighted by Crippen LogP contribution is 2.04. The van der Waals surface area contributed by atoms with Crippen molar-refractivity contribution in [2.75, 3.05) is 13.7 Å². The fraction of sp³-hybridized carbons (Fsp3) is 0.522. The number of amides is 4. The van der Waals surface area contributed by atoms with Crippen molar-refractivity contribution in [2.24, 2.45) is 0 Å². The quantitative estimate of drug-likeness (QED) is 0.241. The molecule has 1 rings (SSSR count). The Morgan fingerprint density at radius 3 is 2.18 bits per heavy atom. The van der Waals surface area contributed by atoms with Crippen molar-refractivity contribution in [3.05, 3.63) is 35.9 Å². The summed E-state index contributed by atoms with van der Waals surface area (Å²) in [6.07, 6.45) is 0.702. The van der Waals surface area contributed by atoms with Crippen LogP contribution in [0, 0.1) is 0 Å². The van der Waals surface area contributed by atoms with Crippen LogP contribution in [0.5, 0.6) is 0 Å². The van der Waals surface area contributed by atoms with Crippen molar-refractivity contribution < 1.29 is 33.4 Å². The van der Waals surface area contributed by atoms with E-state index >= 15 is 0 Å². The maximum absolute atomic E-state index is 12.6. The average molecular weight is 479 g/mol. The topological polar surface area (TPSA) is 152 Å². The molecule has 4 N–H and O–H groups in total. The van der Waals surface area contributed by atoms with E-state index < -0.39 is 42.0 Å². The van der Waals surface area contributed by atoms with Crippen LogP contribution in [-0.4, -0.2) is 61.6 Å². The molecule has 0 aliphatic rings. The second-order valence-corrected chi connectivity index (χ2v) is 7.72. The summed E-state index contributed by atoms with van der Waals surface area (Å²) in [7, 11) is 1.21. The fourth-order valence-electron chi connectivity index (χ4n) is 2.92. The third kappa shape index (κ3) is 11.3. The Morgan fingerprint density at radius 1 is 0.882 bits per heavy atom. The van der Waals surface area contributed by atoms with Gasteiger partial charge in [-0.1, -0.05) is 30.3 Å². The smallest absolute Gasteiger partial charge is 0.407 e. The fourth-order valence-corrected chi connectivity index (χ4v) is 2.92. The molecule has 11 heteroatoms. The third-order valence-electron chi connectivity index (χ3n) is 4.76. The number of nitrogens with one attached hydrogen (secondary N) is 4. The molecule has 0 fully saturated rings. The van der Waals surface area contributed by atoms with Crippen molar-refractivity contribution >= 4 is 29.8 Å². The Balaban J connectivity index is 2.52. The molecule has 0 aromatic heterocycles. The first-order chi connectivity index (χ1) is 16.1. The first kappa shape index (κ1) is 28.4. The number of ether oxygens (including phenoxy) is 2. The molecule has 3 atom stereocenters. The predicted octanol–water partition coefficient (Wildman–Crippen LogP) is 0.770. The molecule has 0 saturated heterocycles. The predicted molar refractivity (Wildman–Crippen MR) is 123 cm³/mol. The maximum Gasteiger partial charge on any atom is 0.407 e. The van der Waals surface area contributed by atoms with Gasteiger partial charge in [-0.25, -0.2) is 9.59 Å². The van der Waals surface area contributed by atoms with Gasteiger partial charge in [0.2, 0.25) is 17.7 Å². The molecule has 0 aliphatic carbocycles. The second kappa shape index (κ2) is 15.3. The molecule has 0 unspecified atom stereocenters. The minimum Gasteiger partial charge on any atom is -0.467 e. The van der Waals surface area contributed by atoms with E-state index in [0.717, 1.165) is 5.56 Å². The number of benzene rings is 1. The summed E-state index contributed by atoms with van der Waals surface area (Å²) in [5, 5.41) is 10.2. The van der Waals surface area contributed by atoms with Gasteiger partial charge >= 0.3 is 12.1 Å². The molecule has 0 saturated carbocycles. The zero-order chi connectivity index (χ0) is 25.5. The SMILES string of the molecule is COC(=O)[C@H](C)NC(=O)[C@H](CCCCNC(=O)OCc1ccccc1)NC(=O)[C@H](C)NC(C)=O. The first-order valence-electron chi connectivity index (χ1n) is 11.0. The number of carbonyl (C=O) groups is 5. The Kier molecular flexibility index (Phi) is 12.7. The van der Waals surface area contributed by atoms with Crippen LogP contribution >= 0.6 is 0 Å². The molecule has 11 nitrogen and oxygen atoms in total. The highest BCUT2D eigenvalue weighted by molar-refractivity contribution is 5.93. The highest BCUT2D eigenvalue weighted by atomic mass is 16.5. The Bertz CT molecular complexity index is 832. The molecule has 34 heavy (non-hydrogen) atoms. The molecule has 1 aromatic rings. The van der Waals surface area contributed by atoms with Crippen molar-refractivity contribution in [3.63, 3.8) is 0 Å². The first-order valence-corrected chi connectivity index (χ1v) is 11.0. The van der Waals surface area contributed by atoms with Gasteiger partial charge in [-0.3, -0.25) is 14.4 Å². The minimum absolute atomic E-state index is 0.159. The lowest BCUT2D eigenvalue weighted by molar-refractivity contribution is -0.144. The zero-order valence-electron chi connectivity index (χ0n) is 20.0. The maximum atomic E-state index is 12.6. The van der Waals surface area contributed by atoms with Gasteiger partial charge in [0.1, 0.15) is 24.7 Å². The van der Waals surface area contributed by atoms with Crippen molar-refractivity contribution in [1.29, 1.82) is 0 Å². The van der Waals surface area contributed by atoms with E-state index in [4.69, 9.17) is 4.74 Å². The Hall–Kier alpha value is -3.63. The highest BCUT2D eigenvalue weighted by Gasteiger charge is 2.26. The van der Waals surface area contributed by atoms with Crippen LogP contribution in [0.15, 0.2) is 30.3 Å². The molecule has 1 aromatic carbocycles. The van der Waals surface area contributed by atoms with Crippen LogP contribution < -0.4 is 21.3 Å². The Morgan fingerprint density at radius 2 is 1.56 bits per heavy atom. The number of esters is 1. The monoisotopic (exact) mass is 478 g/mol. The number of unbranched alkanes of at least 4 members (excludes halogenated alkanes) is 1. The number of rotatable bonds is 13. The molecule has 0 heterocycles. The molecule has 188 valence electrons. The number of hydrogen-bond acceptors (Lipinski definition) is 7. The van der Waals surface area contributed by atoms with E-state index in [1.807, 2.05) is 30.3 Å². The summed E-state index contributed by atoms with van der Waals surface area (Å²) in [6.45, 7) is 4.72. The van der Waals surface area contributed by atoms with Gasteiger partial charge in [0.15, 0.2) is 0 Å². The molecule has 0 bridgehead atoms. The number of carbonyl (C=O) groups excluding carboxylic acids is 5. The summed E-state index contributed by atoms with van der Waals surface area (Å²) < 4.78 is 9.73. The van der Waals surface area contributed by atoms with E-state index in [-0.39, 0.29) is 18.9 Å². The average Bonchev–Trinajstić information content (AvgIpc) is 2.81. The standard InChI is InChI=1S/C23H34N4O7/c1-15(25-17(3)28)20(29)27-19(21(30)26-16(2)22(31)33-4)12-8-9-13-24-23(32)34-14-18-10-6-5-7-11-18/h5-7,10-11,15-16,19H,8-9,12-14H2,1-4H3,(H,24,32)(H,25,28)(H,26,30)(H,27,29)/t15-,16-,19-/m0/s1. The summed E-state index contributed by atoms with van der Waals surface area (Å²) in [5.41, 5.74) is 0.872. The van der Waals surface area contributed by atoms with Crippen LogP contribution in [0.25, 0.3) is 0 Å². The van der Waals surface area contributed by atoms with E-state index in [2.05, 4.69) is 26.0 Å². The molecular weight excluding hydrogens is 444 g/mol. The second-order valence-electron chi connectivity index (χ2n) is 7.72. The van der Waals surface area contributed by atoms with Crippen LogP contribution in [0.2, 0.25) is 0 Å². The van der Waals surface area contributed by atoms with Crippen LogP contribution in [0.3, 0.4) is 0 Å². The lowest BCUT2D eigenvalue weighted by atomic mass is 10.1.